The number of nitrogens with one attached hydrogen (secondary N) is 1. The Kier molecular flexibility index (Phi) is 3.62. The SMILES string of the molecule is C[C@@H](CC#N)NC(=O)c1cc(=O)c2ccccc2o1. The molecule has 2 aromatic rings. The summed E-state index contributed by atoms with van der Waals surface area (Å²) in [6, 6.07) is 9.55. The predicted octanol–water partition coefficient (Wildman–Crippen LogP) is 1.82. The summed E-state index contributed by atoms with van der Waals surface area (Å²) in [5.74, 6) is -0.543. The lowest BCUT2D eigenvalue weighted by Crippen LogP contribution is -2.32. The zero-order chi connectivity index (χ0) is 13.8. The summed E-state index contributed by atoms with van der Waals surface area (Å²) < 4.78 is 5.39. The van der Waals surface area contributed by atoms with Crippen LogP contribution < -0.4 is 10.7 Å². The molecule has 0 aliphatic rings. The van der Waals surface area contributed by atoms with Gasteiger partial charge in [0.15, 0.2) is 11.2 Å². The van der Waals surface area contributed by atoms with Crippen molar-refractivity contribution in [1.82, 2.24) is 5.32 Å². The van der Waals surface area contributed by atoms with Gasteiger partial charge in [-0.3, -0.25) is 9.59 Å². The number of para-hydroxylation sites is 1. The minimum Gasteiger partial charge on any atom is -0.451 e. The topological polar surface area (TPSA) is 83.1 Å². The minimum atomic E-state index is -0.495. The van der Waals surface area contributed by atoms with Crippen LogP contribution in [0.2, 0.25) is 0 Å². The quantitative estimate of drug-likeness (QED) is 0.908. The number of benzene rings is 1. The van der Waals surface area contributed by atoms with Crippen molar-refractivity contribution in [2.45, 2.75) is 19.4 Å². The van der Waals surface area contributed by atoms with Crippen LogP contribution in [0.3, 0.4) is 0 Å². The zero-order valence-electron chi connectivity index (χ0n) is 10.3. The van der Waals surface area contributed by atoms with Gasteiger partial charge in [0.25, 0.3) is 5.91 Å². The van der Waals surface area contributed by atoms with Crippen LogP contribution in [0, 0.1) is 11.3 Å². The molecule has 1 N–H and O–H groups in total. The molecule has 1 aromatic carbocycles. The summed E-state index contributed by atoms with van der Waals surface area (Å²) in [5, 5.41) is 11.6. The maximum absolute atomic E-state index is 11.9. The predicted molar refractivity (Wildman–Crippen MR) is 69.6 cm³/mol. The molecule has 0 aliphatic heterocycles. The average Bonchev–Trinajstić information content (AvgIpc) is 2.39. The Morgan fingerprint density at radius 2 is 2.21 bits per heavy atom. The van der Waals surface area contributed by atoms with Gasteiger partial charge in [0, 0.05) is 12.1 Å². The first kappa shape index (κ1) is 12.8. The molecule has 0 unspecified atom stereocenters. The van der Waals surface area contributed by atoms with Crippen LogP contribution in [-0.2, 0) is 0 Å². The number of carbonyl (C=O) groups excluding carboxylic acids is 1. The summed E-state index contributed by atoms with van der Waals surface area (Å²) in [6.07, 6.45) is 0.198. The fourth-order valence-corrected chi connectivity index (χ4v) is 1.70. The van der Waals surface area contributed by atoms with Gasteiger partial charge >= 0.3 is 0 Å². The summed E-state index contributed by atoms with van der Waals surface area (Å²) >= 11 is 0. The second-order valence-corrected chi connectivity index (χ2v) is 4.21. The van der Waals surface area contributed by atoms with E-state index in [0.717, 1.165) is 6.07 Å². The van der Waals surface area contributed by atoms with Crippen LogP contribution in [0.1, 0.15) is 23.9 Å². The van der Waals surface area contributed by atoms with Crippen LogP contribution >= 0.6 is 0 Å². The van der Waals surface area contributed by atoms with Crippen molar-refractivity contribution >= 4 is 16.9 Å². The third-order valence-corrected chi connectivity index (χ3v) is 2.63. The highest BCUT2D eigenvalue weighted by Gasteiger charge is 2.14. The van der Waals surface area contributed by atoms with Gasteiger partial charge in [-0.2, -0.15) is 5.26 Å². The fraction of sp³-hybridized carbons (Fsp3) is 0.214. The number of rotatable bonds is 3. The Labute approximate surface area is 109 Å². The van der Waals surface area contributed by atoms with E-state index in [-0.39, 0.29) is 23.7 Å². The number of nitrogens with zero attached hydrogens (tertiary/aromatic N) is 1. The van der Waals surface area contributed by atoms with E-state index in [1.807, 2.05) is 6.07 Å². The molecule has 2 rings (SSSR count). The molecule has 0 saturated heterocycles. The average molecular weight is 256 g/mol. The number of nitriles is 1. The van der Waals surface area contributed by atoms with Gasteiger partial charge < -0.3 is 9.73 Å². The van der Waals surface area contributed by atoms with Crippen LogP contribution in [0.4, 0.5) is 0 Å². The largest absolute Gasteiger partial charge is 0.451 e. The molecule has 1 amide bonds. The molecule has 0 aliphatic carbocycles. The second kappa shape index (κ2) is 5.36. The van der Waals surface area contributed by atoms with E-state index >= 15 is 0 Å². The van der Waals surface area contributed by atoms with E-state index in [9.17, 15) is 9.59 Å². The van der Waals surface area contributed by atoms with Gasteiger partial charge in [-0.1, -0.05) is 12.1 Å². The number of fused-ring (bicyclic) bond motifs is 1. The lowest BCUT2D eigenvalue weighted by Gasteiger charge is -2.09. The van der Waals surface area contributed by atoms with Crippen molar-refractivity contribution in [2.24, 2.45) is 0 Å². The maximum atomic E-state index is 11.9. The summed E-state index contributed by atoms with van der Waals surface area (Å²) in [7, 11) is 0. The Balaban J connectivity index is 2.33. The third kappa shape index (κ3) is 2.80. The van der Waals surface area contributed by atoms with E-state index in [1.165, 1.54) is 0 Å². The Hall–Kier alpha value is -2.61. The third-order valence-electron chi connectivity index (χ3n) is 2.63. The Morgan fingerprint density at radius 1 is 1.47 bits per heavy atom. The summed E-state index contributed by atoms with van der Waals surface area (Å²) in [4.78, 5) is 23.7. The van der Waals surface area contributed by atoms with E-state index in [4.69, 9.17) is 9.68 Å². The van der Waals surface area contributed by atoms with Crippen LogP contribution in [-0.4, -0.2) is 11.9 Å². The molecular weight excluding hydrogens is 244 g/mol. The molecule has 1 heterocycles. The highest BCUT2D eigenvalue weighted by Crippen LogP contribution is 2.11. The normalized spacial score (nSPS) is 11.8. The second-order valence-electron chi connectivity index (χ2n) is 4.21. The van der Waals surface area contributed by atoms with Crippen LogP contribution in [0.5, 0.6) is 0 Å². The van der Waals surface area contributed by atoms with Crippen molar-refractivity contribution in [3.63, 3.8) is 0 Å². The fourth-order valence-electron chi connectivity index (χ4n) is 1.70. The maximum Gasteiger partial charge on any atom is 0.287 e. The molecule has 1 aromatic heterocycles. The van der Waals surface area contributed by atoms with Crippen molar-refractivity contribution in [1.29, 1.82) is 5.26 Å². The number of amides is 1. The smallest absolute Gasteiger partial charge is 0.287 e. The Morgan fingerprint density at radius 3 is 2.95 bits per heavy atom. The van der Waals surface area contributed by atoms with Gasteiger partial charge in [-0.25, -0.2) is 0 Å². The lowest BCUT2D eigenvalue weighted by atomic mass is 10.2. The highest BCUT2D eigenvalue weighted by molar-refractivity contribution is 5.93. The molecule has 19 heavy (non-hydrogen) atoms. The molecule has 0 radical (unpaired) electrons. The van der Waals surface area contributed by atoms with Crippen molar-refractivity contribution < 1.29 is 9.21 Å². The van der Waals surface area contributed by atoms with E-state index in [2.05, 4.69) is 5.32 Å². The summed E-state index contributed by atoms with van der Waals surface area (Å²) in [5.41, 5.74) is 0.105. The number of hydrogen-bond acceptors (Lipinski definition) is 4. The van der Waals surface area contributed by atoms with Gasteiger partial charge in [0.05, 0.1) is 17.9 Å². The van der Waals surface area contributed by atoms with Gasteiger partial charge in [-0.05, 0) is 19.1 Å². The molecule has 0 fully saturated rings. The first-order chi connectivity index (χ1) is 9.11. The molecule has 96 valence electrons. The molecule has 5 nitrogen and oxygen atoms in total. The van der Waals surface area contributed by atoms with Gasteiger partial charge in [0.1, 0.15) is 5.58 Å². The monoisotopic (exact) mass is 256 g/mol. The first-order valence-corrected chi connectivity index (χ1v) is 5.82. The van der Waals surface area contributed by atoms with Crippen molar-refractivity contribution in [3.8, 4) is 6.07 Å². The zero-order valence-corrected chi connectivity index (χ0v) is 10.3. The lowest BCUT2D eigenvalue weighted by molar-refractivity contribution is 0.0913. The molecule has 1 atom stereocenters. The van der Waals surface area contributed by atoms with Gasteiger partial charge in [-0.15, -0.1) is 0 Å². The minimum absolute atomic E-state index is 0.0477. The molecule has 5 heteroatoms. The molecular formula is C14H12N2O3. The van der Waals surface area contributed by atoms with Crippen molar-refractivity contribution in [2.75, 3.05) is 0 Å². The van der Waals surface area contributed by atoms with Crippen molar-refractivity contribution in [3.05, 3.63) is 46.3 Å². The molecule has 0 spiro atoms. The first-order valence-electron chi connectivity index (χ1n) is 5.82. The van der Waals surface area contributed by atoms with Crippen LogP contribution in [0.15, 0.2) is 39.5 Å². The highest BCUT2D eigenvalue weighted by atomic mass is 16.3. The molecule has 0 saturated carbocycles. The summed E-state index contributed by atoms with van der Waals surface area (Å²) in [6.45, 7) is 1.71. The van der Waals surface area contributed by atoms with Gasteiger partial charge in [0.2, 0.25) is 0 Å². The Bertz CT molecular complexity index is 712. The molecule has 0 bridgehead atoms. The standard InChI is InChI=1S/C14H12N2O3/c1-9(6-7-15)16-14(18)13-8-11(17)10-4-2-3-5-12(10)19-13/h2-5,8-9H,6H2,1H3,(H,16,18)/t9-/m0/s1. The van der Waals surface area contributed by atoms with E-state index in [0.29, 0.717) is 11.0 Å². The van der Waals surface area contributed by atoms with Crippen LogP contribution in [0.25, 0.3) is 11.0 Å². The number of hydrogen-bond donors (Lipinski definition) is 1. The number of carbonyl (C=O) groups is 1. The van der Waals surface area contributed by atoms with E-state index in [1.54, 1.807) is 31.2 Å². The van der Waals surface area contributed by atoms with E-state index < -0.39 is 5.91 Å².